The zero-order valence-electron chi connectivity index (χ0n) is 8.96. The first-order valence-corrected chi connectivity index (χ1v) is 5.76. The van der Waals surface area contributed by atoms with Crippen LogP contribution in [-0.2, 0) is 4.79 Å². The first kappa shape index (κ1) is 9.97. The van der Waals surface area contributed by atoms with E-state index in [1.807, 2.05) is 11.9 Å². The molecule has 3 nitrogen and oxygen atoms in total. The fraction of sp³-hybridized carbons (Fsp3) is 0.909. The Bertz CT molecular complexity index is 207. The fourth-order valence-electron chi connectivity index (χ4n) is 2.14. The average Bonchev–Trinajstić information content (AvgIpc) is 2.86. The van der Waals surface area contributed by atoms with Gasteiger partial charge >= 0.3 is 0 Å². The normalized spacial score (nSPS) is 22.6. The Morgan fingerprint density at radius 3 is 2.50 bits per heavy atom. The highest BCUT2D eigenvalue weighted by molar-refractivity contribution is 5.78. The molecule has 0 heterocycles. The zero-order chi connectivity index (χ0) is 9.97. The van der Waals surface area contributed by atoms with Gasteiger partial charge in [-0.1, -0.05) is 12.8 Å². The van der Waals surface area contributed by atoms with E-state index in [0.29, 0.717) is 18.6 Å². The van der Waals surface area contributed by atoms with Crippen LogP contribution in [0.1, 0.15) is 38.5 Å². The van der Waals surface area contributed by atoms with Gasteiger partial charge < -0.3 is 10.2 Å². The Morgan fingerprint density at radius 1 is 1.29 bits per heavy atom. The lowest BCUT2D eigenvalue weighted by molar-refractivity contribution is -0.130. The number of hydrogen-bond donors (Lipinski definition) is 1. The van der Waals surface area contributed by atoms with Gasteiger partial charge in [-0.25, -0.2) is 0 Å². The van der Waals surface area contributed by atoms with Crippen molar-refractivity contribution in [3.63, 3.8) is 0 Å². The molecular weight excluding hydrogens is 176 g/mol. The van der Waals surface area contributed by atoms with Gasteiger partial charge in [-0.3, -0.25) is 4.79 Å². The second-order valence-electron chi connectivity index (χ2n) is 4.60. The van der Waals surface area contributed by atoms with Crippen LogP contribution < -0.4 is 5.32 Å². The molecule has 1 amide bonds. The number of amides is 1. The lowest BCUT2D eigenvalue weighted by Crippen LogP contribution is -2.41. The molecule has 0 aromatic rings. The molecule has 3 heteroatoms. The van der Waals surface area contributed by atoms with Crippen LogP contribution in [-0.4, -0.2) is 36.5 Å². The van der Waals surface area contributed by atoms with Gasteiger partial charge in [0.25, 0.3) is 0 Å². The van der Waals surface area contributed by atoms with Gasteiger partial charge in [-0.15, -0.1) is 0 Å². The highest BCUT2D eigenvalue weighted by Crippen LogP contribution is 2.22. The van der Waals surface area contributed by atoms with Crippen molar-refractivity contribution in [3.8, 4) is 0 Å². The number of nitrogens with zero attached hydrogens (tertiary/aromatic N) is 1. The molecule has 2 rings (SSSR count). The minimum atomic E-state index is 0.267. The van der Waals surface area contributed by atoms with Gasteiger partial charge in [-0.05, 0) is 25.7 Å². The van der Waals surface area contributed by atoms with Gasteiger partial charge in [0, 0.05) is 19.1 Å². The van der Waals surface area contributed by atoms with Crippen LogP contribution in [0, 0.1) is 0 Å². The van der Waals surface area contributed by atoms with Crippen LogP contribution in [0.5, 0.6) is 0 Å². The number of carbonyl (C=O) groups is 1. The summed E-state index contributed by atoms with van der Waals surface area (Å²) in [6.45, 7) is 0.539. The number of hydrogen-bond acceptors (Lipinski definition) is 2. The average molecular weight is 196 g/mol. The summed E-state index contributed by atoms with van der Waals surface area (Å²) in [5, 5.41) is 3.27. The SMILES string of the molecule is CN(C(=O)CNC1CC1)C1CCCC1. The molecule has 2 aliphatic rings. The smallest absolute Gasteiger partial charge is 0.236 e. The highest BCUT2D eigenvalue weighted by Gasteiger charge is 2.25. The Kier molecular flexibility index (Phi) is 3.06. The van der Waals surface area contributed by atoms with Crippen molar-refractivity contribution in [1.29, 1.82) is 0 Å². The quantitative estimate of drug-likeness (QED) is 0.731. The van der Waals surface area contributed by atoms with Gasteiger partial charge in [-0.2, -0.15) is 0 Å². The molecule has 2 fully saturated rings. The summed E-state index contributed by atoms with van der Waals surface area (Å²) in [6, 6.07) is 1.15. The Labute approximate surface area is 85.8 Å². The van der Waals surface area contributed by atoms with E-state index < -0.39 is 0 Å². The second-order valence-corrected chi connectivity index (χ2v) is 4.60. The summed E-state index contributed by atoms with van der Waals surface area (Å²) in [4.78, 5) is 13.7. The molecule has 2 aliphatic carbocycles. The standard InChI is InChI=1S/C11H20N2O/c1-13(10-4-2-3-5-10)11(14)8-12-9-6-7-9/h9-10,12H,2-8H2,1H3. The van der Waals surface area contributed by atoms with Crippen molar-refractivity contribution >= 4 is 5.91 Å². The zero-order valence-corrected chi connectivity index (χ0v) is 8.96. The molecule has 0 aromatic heterocycles. The molecule has 0 bridgehead atoms. The molecule has 2 saturated carbocycles. The van der Waals surface area contributed by atoms with E-state index in [0.717, 1.165) is 0 Å². The van der Waals surface area contributed by atoms with Gasteiger partial charge in [0.2, 0.25) is 5.91 Å². The molecule has 0 aliphatic heterocycles. The summed E-state index contributed by atoms with van der Waals surface area (Å²) in [5.41, 5.74) is 0. The fourth-order valence-corrected chi connectivity index (χ4v) is 2.14. The number of nitrogens with one attached hydrogen (secondary N) is 1. The molecule has 0 aromatic carbocycles. The number of carbonyl (C=O) groups excluding carboxylic acids is 1. The summed E-state index contributed by atoms with van der Waals surface area (Å²) in [6.07, 6.45) is 7.48. The first-order chi connectivity index (χ1) is 6.77. The van der Waals surface area contributed by atoms with Crippen LogP contribution >= 0.6 is 0 Å². The van der Waals surface area contributed by atoms with E-state index >= 15 is 0 Å². The highest BCUT2D eigenvalue weighted by atomic mass is 16.2. The second kappa shape index (κ2) is 4.30. The Hall–Kier alpha value is -0.570. The molecule has 0 atom stereocenters. The van der Waals surface area contributed by atoms with Crippen molar-refractivity contribution in [2.75, 3.05) is 13.6 Å². The first-order valence-electron chi connectivity index (χ1n) is 5.76. The van der Waals surface area contributed by atoms with E-state index in [1.54, 1.807) is 0 Å². The monoisotopic (exact) mass is 196 g/mol. The van der Waals surface area contributed by atoms with Gasteiger partial charge in [0.15, 0.2) is 0 Å². The van der Waals surface area contributed by atoms with Crippen molar-refractivity contribution < 1.29 is 4.79 Å². The maximum atomic E-state index is 11.7. The number of rotatable bonds is 4. The van der Waals surface area contributed by atoms with E-state index in [4.69, 9.17) is 0 Å². The van der Waals surface area contributed by atoms with Crippen molar-refractivity contribution in [3.05, 3.63) is 0 Å². The van der Waals surface area contributed by atoms with Gasteiger partial charge in [0.05, 0.1) is 6.54 Å². The van der Waals surface area contributed by atoms with Crippen molar-refractivity contribution in [2.24, 2.45) is 0 Å². The van der Waals surface area contributed by atoms with E-state index in [9.17, 15) is 4.79 Å². The van der Waals surface area contributed by atoms with E-state index in [-0.39, 0.29) is 5.91 Å². The summed E-state index contributed by atoms with van der Waals surface area (Å²) >= 11 is 0. The largest absolute Gasteiger partial charge is 0.342 e. The number of likely N-dealkylation sites (N-methyl/N-ethyl adjacent to an activating group) is 1. The predicted molar refractivity (Wildman–Crippen MR) is 56.1 cm³/mol. The lowest BCUT2D eigenvalue weighted by Gasteiger charge is -2.24. The lowest BCUT2D eigenvalue weighted by atomic mass is 10.2. The Morgan fingerprint density at radius 2 is 1.93 bits per heavy atom. The van der Waals surface area contributed by atoms with Crippen LogP contribution in [0.2, 0.25) is 0 Å². The van der Waals surface area contributed by atoms with E-state index in [2.05, 4.69) is 5.32 Å². The summed E-state index contributed by atoms with van der Waals surface area (Å²) in [5.74, 6) is 0.267. The summed E-state index contributed by atoms with van der Waals surface area (Å²) in [7, 11) is 1.95. The molecule has 80 valence electrons. The third-order valence-electron chi connectivity index (χ3n) is 3.39. The molecule has 0 radical (unpaired) electrons. The minimum absolute atomic E-state index is 0.267. The maximum Gasteiger partial charge on any atom is 0.236 e. The predicted octanol–water partition coefficient (Wildman–Crippen LogP) is 1.14. The van der Waals surface area contributed by atoms with Crippen LogP contribution in [0.25, 0.3) is 0 Å². The third-order valence-corrected chi connectivity index (χ3v) is 3.39. The maximum absolute atomic E-state index is 11.7. The molecule has 1 N–H and O–H groups in total. The Balaban J connectivity index is 1.71. The molecular formula is C11H20N2O. The molecule has 0 unspecified atom stereocenters. The van der Waals surface area contributed by atoms with Crippen LogP contribution in [0.3, 0.4) is 0 Å². The summed E-state index contributed by atoms with van der Waals surface area (Å²) < 4.78 is 0. The molecule has 0 saturated heterocycles. The molecule has 0 spiro atoms. The topological polar surface area (TPSA) is 32.3 Å². The van der Waals surface area contributed by atoms with Gasteiger partial charge in [0.1, 0.15) is 0 Å². The van der Waals surface area contributed by atoms with E-state index in [1.165, 1.54) is 38.5 Å². The van der Waals surface area contributed by atoms with Crippen molar-refractivity contribution in [2.45, 2.75) is 50.6 Å². The molecule has 14 heavy (non-hydrogen) atoms. The van der Waals surface area contributed by atoms with Crippen molar-refractivity contribution in [1.82, 2.24) is 10.2 Å². The minimum Gasteiger partial charge on any atom is -0.342 e. The third kappa shape index (κ3) is 2.47. The van der Waals surface area contributed by atoms with Crippen LogP contribution in [0.15, 0.2) is 0 Å². The van der Waals surface area contributed by atoms with Crippen LogP contribution in [0.4, 0.5) is 0 Å².